The fourth-order valence-corrected chi connectivity index (χ4v) is 3.08. The number of hydrogen-bond donors (Lipinski definition) is 1. The second-order valence-corrected chi connectivity index (χ2v) is 8.67. The van der Waals surface area contributed by atoms with Crippen molar-refractivity contribution in [1.82, 2.24) is 5.32 Å². The lowest BCUT2D eigenvalue weighted by Crippen LogP contribution is -2.37. The molecule has 0 aliphatic rings. The van der Waals surface area contributed by atoms with E-state index in [4.69, 9.17) is 4.74 Å². The Bertz CT molecular complexity index is 976. The van der Waals surface area contributed by atoms with Gasteiger partial charge in [-0.1, -0.05) is 19.1 Å². The van der Waals surface area contributed by atoms with E-state index in [9.17, 15) is 26.4 Å². The van der Waals surface area contributed by atoms with Gasteiger partial charge < -0.3 is 10.1 Å². The molecule has 2 aromatic rings. The van der Waals surface area contributed by atoms with Crippen molar-refractivity contribution in [1.29, 1.82) is 0 Å². The van der Waals surface area contributed by atoms with Crippen LogP contribution in [0.3, 0.4) is 0 Å². The van der Waals surface area contributed by atoms with Crippen LogP contribution in [0.5, 0.6) is 5.75 Å². The molecule has 0 fully saturated rings. The molecule has 0 radical (unpaired) electrons. The van der Waals surface area contributed by atoms with Crippen LogP contribution >= 0.6 is 0 Å². The summed E-state index contributed by atoms with van der Waals surface area (Å²) < 4.78 is 68.3. The third-order valence-corrected chi connectivity index (χ3v) is 5.57. The Hall–Kier alpha value is -2.75. The maximum Gasteiger partial charge on any atom is 0.416 e. The second kappa shape index (κ2) is 9.38. The molecule has 0 saturated heterocycles. The molecular weight excluding hydrogens is 421 g/mol. The van der Waals surface area contributed by atoms with Crippen molar-refractivity contribution in [3.8, 4) is 5.75 Å². The van der Waals surface area contributed by atoms with Crippen molar-refractivity contribution in [2.45, 2.75) is 32.2 Å². The summed E-state index contributed by atoms with van der Waals surface area (Å²) >= 11 is 0. The van der Waals surface area contributed by atoms with Gasteiger partial charge in [0.2, 0.25) is 10.0 Å². The lowest BCUT2D eigenvalue weighted by molar-refractivity contribution is -0.137. The number of nitrogens with zero attached hydrogens (tertiary/aromatic N) is 1. The van der Waals surface area contributed by atoms with Gasteiger partial charge in [0.25, 0.3) is 5.91 Å². The van der Waals surface area contributed by atoms with E-state index in [1.807, 2.05) is 0 Å². The zero-order chi connectivity index (χ0) is 22.5. The Morgan fingerprint density at radius 1 is 1.17 bits per heavy atom. The van der Waals surface area contributed by atoms with Crippen LogP contribution in [-0.2, 0) is 27.5 Å². The van der Waals surface area contributed by atoms with E-state index in [0.29, 0.717) is 23.4 Å². The van der Waals surface area contributed by atoms with E-state index in [1.54, 1.807) is 31.2 Å². The third-order valence-electron chi connectivity index (χ3n) is 4.36. The first kappa shape index (κ1) is 23.5. The predicted octanol–water partition coefficient (Wildman–Crippen LogP) is 3.58. The third kappa shape index (κ3) is 6.38. The van der Waals surface area contributed by atoms with Gasteiger partial charge in [-0.15, -0.1) is 0 Å². The minimum absolute atomic E-state index is 0.0687. The number of nitrogens with one attached hydrogen (secondary N) is 1. The maximum absolute atomic E-state index is 12.8. The highest BCUT2D eigenvalue weighted by molar-refractivity contribution is 7.92. The number of halogens is 3. The van der Waals surface area contributed by atoms with Crippen molar-refractivity contribution in [3.63, 3.8) is 0 Å². The van der Waals surface area contributed by atoms with Gasteiger partial charge in [-0.25, -0.2) is 8.42 Å². The number of sulfonamides is 1. The summed E-state index contributed by atoms with van der Waals surface area (Å²) in [5, 5.41) is 2.58. The minimum atomic E-state index is -4.45. The Kier molecular flexibility index (Phi) is 7.35. The normalized spacial score (nSPS) is 12.9. The van der Waals surface area contributed by atoms with E-state index in [2.05, 4.69) is 5.32 Å². The lowest BCUT2D eigenvalue weighted by Gasteiger charge is -2.19. The summed E-state index contributed by atoms with van der Waals surface area (Å²) in [7, 11) is -1.98. The number of amides is 1. The molecule has 0 saturated carbocycles. The summed E-state index contributed by atoms with van der Waals surface area (Å²) in [5.74, 6) is -0.103. The fourth-order valence-electron chi connectivity index (χ4n) is 2.57. The number of carbonyl (C=O) groups is 1. The van der Waals surface area contributed by atoms with E-state index in [1.165, 1.54) is 19.2 Å². The van der Waals surface area contributed by atoms with Gasteiger partial charge in [0, 0.05) is 13.6 Å². The van der Waals surface area contributed by atoms with Crippen LogP contribution in [-0.4, -0.2) is 33.7 Å². The maximum atomic E-state index is 12.8. The molecule has 0 aliphatic heterocycles. The fraction of sp³-hybridized carbons (Fsp3) is 0.350. The van der Waals surface area contributed by atoms with Gasteiger partial charge >= 0.3 is 6.18 Å². The molecule has 0 aliphatic carbocycles. The first-order valence-corrected chi connectivity index (χ1v) is 10.9. The van der Waals surface area contributed by atoms with Crippen LogP contribution in [0.4, 0.5) is 18.9 Å². The Morgan fingerprint density at radius 3 is 2.33 bits per heavy atom. The molecule has 0 unspecified atom stereocenters. The van der Waals surface area contributed by atoms with Gasteiger partial charge in [-0.2, -0.15) is 13.2 Å². The van der Waals surface area contributed by atoms with Crippen molar-refractivity contribution in [2.75, 3.05) is 17.6 Å². The lowest BCUT2D eigenvalue weighted by atomic mass is 10.1. The van der Waals surface area contributed by atoms with Crippen molar-refractivity contribution in [3.05, 3.63) is 59.7 Å². The Morgan fingerprint density at radius 2 is 1.80 bits per heavy atom. The SMILES string of the molecule is CC[C@@H](Oc1ccc(N(C)S(C)(=O)=O)cc1)C(=O)NCc1cccc(C(F)(F)F)c1. The van der Waals surface area contributed by atoms with Crippen LogP contribution in [0.15, 0.2) is 48.5 Å². The van der Waals surface area contributed by atoms with Gasteiger partial charge in [0.1, 0.15) is 5.75 Å². The average Bonchev–Trinajstić information content (AvgIpc) is 2.69. The molecule has 6 nitrogen and oxygen atoms in total. The van der Waals surface area contributed by atoms with Gasteiger partial charge in [-0.05, 0) is 48.4 Å². The Labute approximate surface area is 173 Å². The van der Waals surface area contributed by atoms with Gasteiger partial charge in [0.05, 0.1) is 17.5 Å². The smallest absolute Gasteiger partial charge is 0.416 e. The van der Waals surface area contributed by atoms with Crippen LogP contribution in [0, 0.1) is 0 Å². The number of carbonyl (C=O) groups excluding carboxylic acids is 1. The molecule has 1 amide bonds. The van der Waals surface area contributed by atoms with Crippen LogP contribution in [0.2, 0.25) is 0 Å². The van der Waals surface area contributed by atoms with E-state index < -0.39 is 33.8 Å². The number of rotatable bonds is 8. The molecule has 0 aromatic heterocycles. The predicted molar refractivity (Wildman–Crippen MR) is 108 cm³/mol. The van der Waals surface area contributed by atoms with Crippen molar-refractivity contribution >= 4 is 21.6 Å². The van der Waals surface area contributed by atoms with E-state index in [-0.39, 0.29) is 6.54 Å². The quantitative estimate of drug-likeness (QED) is 0.676. The topological polar surface area (TPSA) is 75.7 Å². The molecule has 10 heteroatoms. The van der Waals surface area contributed by atoms with Crippen LogP contribution in [0.25, 0.3) is 0 Å². The Balaban J connectivity index is 2.00. The molecule has 2 rings (SSSR count). The number of ether oxygens (including phenoxy) is 1. The molecule has 1 atom stereocenters. The number of hydrogen-bond acceptors (Lipinski definition) is 4. The van der Waals surface area contributed by atoms with Crippen molar-refractivity contribution < 1.29 is 31.1 Å². The summed E-state index contributed by atoms with van der Waals surface area (Å²) in [5.41, 5.74) is -0.0234. The number of anilines is 1. The van der Waals surface area contributed by atoms with Gasteiger partial charge in [0.15, 0.2) is 6.10 Å². The highest BCUT2D eigenvalue weighted by atomic mass is 32.2. The number of alkyl halides is 3. The zero-order valence-electron chi connectivity index (χ0n) is 16.7. The largest absolute Gasteiger partial charge is 0.481 e. The van der Waals surface area contributed by atoms with Gasteiger partial charge in [-0.3, -0.25) is 9.10 Å². The highest BCUT2D eigenvalue weighted by Crippen LogP contribution is 2.29. The summed E-state index contributed by atoms with van der Waals surface area (Å²) in [6.07, 6.45) is -3.89. The number of benzene rings is 2. The summed E-state index contributed by atoms with van der Waals surface area (Å²) in [6, 6.07) is 10.9. The molecule has 0 spiro atoms. The highest BCUT2D eigenvalue weighted by Gasteiger charge is 2.30. The minimum Gasteiger partial charge on any atom is -0.481 e. The van der Waals surface area contributed by atoms with Crippen LogP contribution < -0.4 is 14.4 Å². The molecule has 0 heterocycles. The monoisotopic (exact) mass is 444 g/mol. The van der Waals surface area contributed by atoms with Crippen LogP contribution in [0.1, 0.15) is 24.5 Å². The first-order chi connectivity index (χ1) is 13.9. The molecule has 164 valence electrons. The molecule has 30 heavy (non-hydrogen) atoms. The molecular formula is C20H23F3N2O4S. The standard InChI is InChI=1S/C20H23F3N2O4S/c1-4-18(29-17-10-8-16(9-11-17)25(2)30(3,27)28)19(26)24-13-14-6-5-7-15(12-14)20(21,22)23/h5-12,18H,4,13H2,1-3H3,(H,24,26)/t18-/m1/s1. The summed E-state index contributed by atoms with van der Waals surface area (Å²) in [6.45, 7) is 1.67. The second-order valence-electron chi connectivity index (χ2n) is 6.66. The van der Waals surface area contributed by atoms with E-state index in [0.717, 1.165) is 22.7 Å². The first-order valence-electron chi connectivity index (χ1n) is 9.06. The summed E-state index contributed by atoms with van der Waals surface area (Å²) in [4.78, 5) is 12.4. The van der Waals surface area contributed by atoms with Crippen molar-refractivity contribution in [2.24, 2.45) is 0 Å². The zero-order valence-corrected chi connectivity index (χ0v) is 17.5. The molecule has 1 N–H and O–H groups in total. The van der Waals surface area contributed by atoms with E-state index >= 15 is 0 Å². The average molecular weight is 444 g/mol. The molecule has 2 aromatic carbocycles. The molecule has 0 bridgehead atoms.